The molecule has 0 amide bonds. The van der Waals surface area contributed by atoms with Gasteiger partial charge in [0.25, 0.3) is 0 Å². The van der Waals surface area contributed by atoms with Crippen LogP contribution in [0.3, 0.4) is 0 Å². The molecule has 0 spiro atoms. The standard InChI is InChI=1S/C18H17NO3/c1-11-12(2)22-13(3)16(11)18(20)21-10-15-7-4-6-14-8-5-9-19-17(14)15/h4-9H,10H2,1-3H3. The van der Waals surface area contributed by atoms with Crippen molar-refractivity contribution in [3.8, 4) is 0 Å². The Balaban J connectivity index is 1.84. The molecule has 4 heteroatoms. The Morgan fingerprint density at radius 1 is 1.14 bits per heavy atom. The summed E-state index contributed by atoms with van der Waals surface area (Å²) in [6, 6.07) is 9.72. The van der Waals surface area contributed by atoms with Crippen LogP contribution in [-0.2, 0) is 11.3 Å². The van der Waals surface area contributed by atoms with Gasteiger partial charge in [0, 0.05) is 22.7 Å². The molecule has 0 fully saturated rings. The van der Waals surface area contributed by atoms with Crippen molar-refractivity contribution >= 4 is 16.9 Å². The highest BCUT2D eigenvalue weighted by Gasteiger charge is 2.20. The largest absolute Gasteiger partial charge is 0.465 e. The second-order valence-corrected chi connectivity index (χ2v) is 5.28. The number of esters is 1. The van der Waals surface area contributed by atoms with Crippen molar-refractivity contribution in [2.45, 2.75) is 27.4 Å². The summed E-state index contributed by atoms with van der Waals surface area (Å²) in [6.07, 6.45) is 1.74. The highest BCUT2D eigenvalue weighted by molar-refractivity contribution is 5.92. The fourth-order valence-corrected chi connectivity index (χ4v) is 2.59. The summed E-state index contributed by atoms with van der Waals surface area (Å²) < 4.78 is 10.9. The lowest BCUT2D eigenvalue weighted by molar-refractivity contribution is 0.0471. The molecule has 1 aromatic carbocycles. The molecule has 0 radical (unpaired) electrons. The zero-order chi connectivity index (χ0) is 15.7. The number of rotatable bonds is 3. The Labute approximate surface area is 128 Å². The van der Waals surface area contributed by atoms with Gasteiger partial charge in [0.05, 0.1) is 5.52 Å². The number of carbonyl (C=O) groups excluding carboxylic acids is 1. The van der Waals surface area contributed by atoms with Crippen LogP contribution in [0.1, 0.15) is 33.0 Å². The summed E-state index contributed by atoms with van der Waals surface area (Å²) in [5.41, 5.74) is 3.10. The topological polar surface area (TPSA) is 52.3 Å². The molecule has 2 aromatic heterocycles. The third-order valence-corrected chi connectivity index (χ3v) is 3.84. The third kappa shape index (κ3) is 2.48. The number of para-hydroxylation sites is 1. The van der Waals surface area contributed by atoms with Gasteiger partial charge in [-0.05, 0) is 26.8 Å². The summed E-state index contributed by atoms with van der Waals surface area (Å²) in [5.74, 6) is 0.979. The van der Waals surface area contributed by atoms with E-state index in [1.54, 1.807) is 13.1 Å². The van der Waals surface area contributed by atoms with E-state index in [4.69, 9.17) is 9.15 Å². The van der Waals surface area contributed by atoms with Crippen LogP contribution < -0.4 is 0 Å². The predicted molar refractivity (Wildman–Crippen MR) is 83.8 cm³/mol. The van der Waals surface area contributed by atoms with Gasteiger partial charge >= 0.3 is 5.97 Å². The Kier molecular flexibility index (Phi) is 3.67. The van der Waals surface area contributed by atoms with Gasteiger partial charge in [0.2, 0.25) is 0 Å². The highest BCUT2D eigenvalue weighted by atomic mass is 16.5. The van der Waals surface area contributed by atoms with E-state index in [0.717, 1.165) is 27.8 Å². The van der Waals surface area contributed by atoms with Gasteiger partial charge in [-0.3, -0.25) is 4.98 Å². The Hall–Kier alpha value is -2.62. The van der Waals surface area contributed by atoms with Gasteiger partial charge < -0.3 is 9.15 Å². The van der Waals surface area contributed by atoms with Crippen LogP contribution in [0, 0.1) is 20.8 Å². The first kappa shape index (κ1) is 14.3. The SMILES string of the molecule is Cc1oc(C)c(C(=O)OCc2cccc3cccnc23)c1C. The Morgan fingerprint density at radius 2 is 1.91 bits per heavy atom. The van der Waals surface area contributed by atoms with Crippen LogP contribution in [0.5, 0.6) is 0 Å². The Morgan fingerprint density at radius 3 is 2.64 bits per heavy atom. The average Bonchev–Trinajstić information content (AvgIpc) is 2.77. The van der Waals surface area contributed by atoms with Gasteiger partial charge in [0.1, 0.15) is 23.7 Å². The number of ether oxygens (including phenoxy) is 1. The molecule has 112 valence electrons. The molecule has 3 rings (SSSR count). The molecule has 2 heterocycles. The molecule has 0 aliphatic rings. The molecule has 4 nitrogen and oxygen atoms in total. The Bertz CT molecular complexity index is 843. The molecule has 0 saturated heterocycles. The van der Waals surface area contributed by atoms with Gasteiger partial charge in [0.15, 0.2) is 0 Å². The number of hydrogen-bond acceptors (Lipinski definition) is 4. The minimum atomic E-state index is -0.361. The van der Waals surface area contributed by atoms with E-state index in [9.17, 15) is 4.79 Å². The zero-order valence-corrected chi connectivity index (χ0v) is 12.8. The van der Waals surface area contributed by atoms with E-state index in [-0.39, 0.29) is 12.6 Å². The number of aromatic nitrogens is 1. The van der Waals surface area contributed by atoms with Crippen molar-refractivity contribution in [2.24, 2.45) is 0 Å². The van der Waals surface area contributed by atoms with Crippen molar-refractivity contribution < 1.29 is 13.9 Å². The molecular formula is C18H17NO3. The first-order chi connectivity index (χ1) is 10.6. The van der Waals surface area contributed by atoms with Crippen LogP contribution >= 0.6 is 0 Å². The number of aryl methyl sites for hydroxylation is 2. The minimum absolute atomic E-state index is 0.191. The lowest BCUT2D eigenvalue weighted by Crippen LogP contribution is -2.07. The number of nitrogens with zero attached hydrogens (tertiary/aromatic N) is 1. The zero-order valence-electron chi connectivity index (χ0n) is 12.8. The molecule has 0 aliphatic heterocycles. The molecule has 22 heavy (non-hydrogen) atoms. The molecule has 0 N–H and O–H groups in total. The van der Waals surface area contributed by atoms with E-state index >= 15 is 0 Å². The fourth-order valence-electron chi connectivity index (χ4n) is 2.59. The fraction of sp³-hybridized carbons (Fsp3) is 0.222. The van der Waals surface area contributed by atoms with E-state index in [0.29, 0.717) is 11.3 Å². The summed E-state index contributed by atoms with van der Waals surface area (Å²) >= 11 is 0. The average molecular weight is 295 g/mol. The smallest absolute Gasteiger partial charge is 0.342 e. The lowest BCUT2D eigenvalue weighted by Gasteiger charge is -2.07. The first-order valence-corrected chi connectivity index (χ1v) is 7.14. The molecule has 3 aromatic rings. The van der Waals surface area contributed by atoms with Crippen LogP contribution in [0.2, 0.25) is 0 Å². The van der Waals surface area contributed by atoms with E-state index < -0.39 is 0 Å². The van der Waals surface area contributed by atoms with Gasteiger partial charge in [-0.1, -0.05) is 24.3 Å². The molecule has 0 aliphatic carbocycles. The second kappa shape index (κ2) is 5.64. The molecule has 0 bridgehead atoms. The molecule has 0 atom stereocenters. The normalized spacial score (nSPS) is 10.9. The predicted octanol–water partition coefficient (Wildman–Crippen LogP) is 4.11. The van der Waals surface area contributed by atoms with E-state index in [1.807, 2.05) is 44.2 Å². The van der Waals surface area contributed by atoms with Crippen LogP contribution in [0.15, 0.2) is 40.9 Å². The van der Waals surface area contributed by atoms with Gasteiger partial charge in [-0.25, -0.2) is 4.79 Å². The summed E-state index contributed by atoms with van der Waals surface area (Å²) in [4.78, 5) is 16.7. The second-order valence-electron chi connectivity index (χ2n) is 5.28. The van der Waals surface area contributed by atoms with Crippen LogP contribution in [0.25, 0.3) is 10.9 Å². The van der Waals surface area contributed by atoms with Gasteiger partial charge in [-0.2, -0.15) is 0 Å². The quantitative estimate of drug-likeness (QED) is 0.682. The van der Waals surface area contributed by atoms with Gasteiger partial charge in [-0.15, -0.1) is 0 Å². The van der Waals surface area contributed by atoms with Crippen molar-refractivity contribution in [2.75, 3.05) is 0 Å². The van der Waals surface area contributed by atoms with Crippen molar-refractivity contribution in [3.63, 3.8) is 0 Å². The van der Waals surface area contributed by atoms with Crippen molar-refractivity contribution in [1.29, 1.82) is 0 Å². The first-order valence-electron chi connectivity index (χ1n) is 7.14. The number of carbonyl (C=O) groups is 1. The summed E-state index contributed by atoms with van der Waals surface area (Å²) in [5, 5.41) is 1.03. The number of pyridine rings is 1. The maximum absolute atomic E-state index is 12.3. The summed E-state index contributed by atoms with van der Waals surface area (Å²) in [6.45, 7) is 5.67. The maximum Gasteiger partial charge on any atom is 0.342 e. The number of furan rings is 1. The monoisotopic (exact) mass is 295 g/mol. The number of benzene rings is 1. The number of hydrogen-bond donors (Lipinski definition) is 0. The van der Waals surface area contributed by atoms with E-state index in [1.165, 1.54) is 0 Å². The van der Waals surface area contributed by atoms with Crippen molar-refractivity contribution in [1.82, 2.24) is 4.98 Å². The van der Waals surface area contributed by atoms with Crippen LogP contribution in [0.4, 0.5) is 0 Å². The van der Waals surface area contributed by atoms with Crippen molar-refractivity contribution in [3.05, 3.63) is 64.7 Å². The summed E-state index contributed by atoms with van der Waals surface area (Å²) in [7, 11) is 0. The molecular weight excluding hydrogens is 278 g/mol. The minimum Gasteiger partial charge on any atom is -0.465 e. The highest BCUT2D eigenvalue weighted by Crippen LogP contribution is 2.23. The number of fused-ring (bicyclic) bond motifs is 1. The maximum atomic E-state index is 12.3. The molecule has 0 unspecified atom stereocenters. The lowest BCUT2D eigenvalue weighted by atomic mass is 10.1. The van der Waals surface area contributed by atoms with Crippen LogP contribution in [-0.4, -0.2) is 11.0 Å². The van der Waals surface area contributed by atoms with E-state index in [2.05, 4.69) is 4.98 Å². The molecule has 0 saturated carbocycles. The third-order valence-electron chi connectivity index (χ3n) is 3.84.